The molecule has 1 aromatic rings. The van der Waals surface area contributed by atoms with Gasteiger partial charge in [-0.3, -0.25) is 0 Å². The molecule has 0 saturated carbocycles. The molecule has 0 aliphatic carbocycles. The van der Waals surface area contributed by atoms with Gasteiger partial charge in [-0.1, -0.05) is 17.8 Å². The Morgan fingerprint density at radius 2 is 2.25 bits per heavy atom. The second-order valence-electron chi connectivity index (χ2n) is 5.44. The van der Waals surface area contributed by atoms with Gasteiger partial charge in [0.2, 0.25) is 6.79 Å². The molecule has 4 rings (SSSR count). The fourth-order valence-corrected chi connectivity index (χ4v) is 3.77. The first-order valence-corrected chi connectivity index (χ1v) is 8.55. The lowest BCUT2D eigenvalue weighted by atomic mass is 9.94. The van der Waals surface area contributed by atoms with Gasteiger partial charge in [-0.2, -0.15) is 0 Å². The van der Waals surface area contributed by atoms with Gasteiger partial charge in [0.05, 0.1) is 23.9 Å². The highest BCUT2D eigenvalue weighted by atomic mass is 32.2. The Balaban J connectivity index is 1.81. The predicted octanol–water partition coefficient (Wildman–Crippen LogP) is 3.18. The zero-order valence-corrected chi connectivity index (χ0v) is 14.1. The molecule has 0 saturated heterocycles. The predicted molar refractivity (Wildman–Crippen MR) is 90.6 cm³/mol. The van der Waals surface area contributed by atoms with Crippen molar-refractivity contribution in [3.05, 3.63) is 46.6 Å². The maximum Gasteiger partial charge on any atom is 0.338 e. The molecule has 0 spiro atoms. The summed E-state index contributed by atoms with van der Waals surface area (Å²) in [5, 5.41) is 2.81. The van der Waals surface area contributed by atoms with Gasteiger partial charge in [0.1, 0.15) is 0 Å². The van der Waals surface area contributed by atoms with Crippen LogP contribution in [-0.4, -0.2) is 29.4 Å². The Labute approximate surface area is 143 Å². The molecule has 1 aromatic carbocycles. The summed E-state index contributed by atoms with van der Waals surface area (Å²) in [5.41, 5.74) is 2.16. The van der Waals surface area contributed by atoms with Crippen LogP contribution in [0.3, 0.4) is 0 Å². The topological polar surface area (TPSA) is 60.4 Å². The van der Waals surface area contributed by atoms with Crippen molar-refractivity contribution in [3.8, 4) is 11.5 Å². The highest BCUT2D eigenvalue weighted by Gasteiger charge is 2.38. The fraction of sp³-hybridized carbons (Fsp3) is 0.294. The Kier molecular flexibility index (Phi) is 3.72. The van der Waals surface area contributed by atoms with E-state index < -0.39 is 0 Å². The summed E-state index contributed by atoms with van der Waals surface area (Å²) >= 11 is 1.53. The zero-order chi connectivity index (χ0) is 16.7. The van der Waals surface area contributed by atoms with Crippen molar-refractivity contribution < 1.29 is 19.0 Å². The first-order valence-electron chi connectivity index (χ1n) is 7.67. The van der Waals surface area contributed by atoms with Crippen molar-refractivity contribution in [2.24, 2.45) is 4.99 Å². The second kappa shape index (κ2) is 5.90. The molecule has 3 heterocycles. The monoisotopic (exact) mass is 344 g/mol. The molecule has 1 atom stereocenters. The van der Waals surface area contributed by atoms with E-state index >= 15 is 0 Å². The van der Waals surface area contributed by atoms with E-state index in [0.717, 1.165) is 10.7 Å². The van der Waals surface area contributed by atoms with E-state index in [9.17, 15) is 4.79 Å². The molecular formula is C17H16N2O4S. The Morgan fingerprint density at radius 3 is 3.08 bits per heavy atom. The average molecular weight is 344 g/mol. The van der Waals surface area contributed by atoms with Crippen LogP contribution in [-0.2, 0) is 9.53 Å². The minimum atomic E-state index is -0.342. The molecule has 1 unspecified atom stereocenters. The number of rotatable bonds is 3. The molecule has 0 bridgehead atoms. The minimum absolute atomic E-state index is 0.217. The molecule has 3 aliphatic rings. The third kappa shape index (κ3) is 2.36. The summed E-state index contributed by atoms with van der Waals surface area (Å²) < 4.78 is 16.1. The Bertz CT molecular complexity index is 800. The van der Waals surface area contributed by atoms with Gasteiger partial charge in [0.15, 0.2) is 16.7 Å². The van der Waals surface area contributed by atoms with E-state index in [1.54, 1.807) is 6.92 Å². The van der Waals surface area contributed by atoms with Gasteiger partial charge in [0.25, 0.3) is 0 Å². The number of carbonyl (C=O) groups excluding carboxylic acids is 1. The number of fused-ring (bicyclic) bond motifs is 2. The van der Waals surface area contributed by atoms with Crippen molar-refractivity contribution >= 4 is 22.9 Å². The van der Waals surface area contributed by atoms with Gasteiger partial charge in [0, 0.05) is 6.20 Å². The Hall–Kier alpha value is -2.41. The summed E-state index contributed by atoms with van der Waals surface area (Å²) in [6.45, 7) is 4.18. The summed E-state index contributed by atoms with van der Waals surface area (Å²) in [5.74, 6) is 1.06. The highest BCUT2D eigenvalue weighted by molar-refractivity contribution is 8.16. The molecule has 3 aliphatic heterocycles. The molecule has 0 aromatic heterocycles. The molecule has 0 N–H and O–H groups in total. The van der Waals surface area contributed by atoms with Crippen LogP contribution in [0.4, 0.5) is 0 Å². The SMILES string of the molecule is CCOC(=O)C1=C(C)N=C2SC=CN2C1c1ccc2c(c1)OCO2. The Morgan fingerprint density at radius 1 is 1.42 bits per heavy atom. The summed E-state index contributed by atoms with van der Waals surface area (Å²) in [4.78, 5) is 19.1. The lowest BCUT2D eigenvalue weighted by Gasteiger charge is -2.33. The minimum Gasteiger partial charge on any atom is -0.463 e. The van der Waals surface area contributed by atoms with Crippen molar-refractivity contribution in [1.82, 2.24) is 4.90 Å². The number of esters is 1. The molecular weight excluding hydrogens is 328 g/mol. The first-order chi connectivity index (χ1) is 11.7. The molecule has 0 radical (unpaired) electrons. The van der Waals surface area contributed by atoms with Crippen LogP contribution in [0, 0.1) is 0 Å². The molecule has 0 fully saturated rings. The standard InChI is InChI=1S/C17H16N2O4S/c1-3-21-16(20)14-10(2)18-17-19(6-7-24-17)15(14)11-4-5-12-13(8-11)23-9-22-12/h4-8,15H,3,9H2,1-2H3. The zero-order valence-electron chi connectivity index (χ0n) is 13.3. The van der Waals surface area contributed by atoms with Crippen LogP contribution < -0.4 is 9.47 Å². The summed E-state index contributed by atoms with van der Waals surface area (Å²) in [6.07, 6.45) is 1.93. The molecule has 7 heteroatoms. The number of hydrogen-bond donors (Lipinski definition) is 0. The number of hydrogen-bond acceptors (Lipinski definition) is 7. The molecule has 24 heavy (non-hydrogen) atoms. The van der Waals surface area contributed by atoms with E-state index in [2.05, 4.69) is 4.99 Å². The van der Waals surface area contributed by atoms with Crippen molar-refractivity contribution in [2.45, 2.75) is 19.9 Å². The number of nitrogens with zero attached hydrogens (tertiary/aromatic N) is 2. The van der Waals surface area contributed by atoms with Gasteiger partial charge < -0.3 is 19.1 Å². The van der Waals surface area contributed by atoms with Gasteiger partial charge >= 0.3 is 5.97 Å². The molecule has 6 nitrogen and oxygen atoms in total. The lowest BCUT2D eigenvalue weighted by Crippen LogP contribution is -2.34. The van der Waals surface area contributed by atoms with Crippen molar-refractivity contribution in [1.29, 1.82) is 0 Å². The third-order valence-electron chi connectivity index (χ3n) is 4.03. The maximum absolute atomic E-state index is 12.6. The lowest BCUT2D eigenvalue weighted by molar-refractivity contribution is -0.139. The van der Waals surface area contributed by atoms with E-state index in [1.165, 1.54) is 11.8 Å². The normalized spacial score (nSPS) is 21.0. The number of benzene rings is 1. The molecule has 124 valence electrons. The van der Waals surface area contributed by atoms with Crippen LogP contribution in [0.5, 0.6) is 11.5 Å². The number of thioether (sulfide) groups is 1. The van der Waals surface area contributed by atoms with Gasteiger partial charge in [-0.15, -0.1) is 0 Å². The van der Waals surface area contributed by atoms with Gasteiger partial charge in [-0.05, 0) is 37.0 Å². The number of aliphatic imine (C=N–C) groups is 1. The van der Waals surface area contributed by atoms with E-state index in [-0.39, 0.29) is 18.8 Å². The van der Waals surface area contributed by atoms with E-state index in [0.29, 0.717) is 29.4 Å². The maximum atomic E-state index is 12.6. The van der Waals surface area contributed by atoms with Crippen molar-refractivity contribution in [2.75, 3.05) is 13.4 Å². The second-order valence-corrected chi connectivity index (χ2v) is 6.31. The van der Waals surface area contributed by atoms with Gasteiger partial charge in [-0.25, -0.2) is 9.79 Å². The smallest absolute Gasteiger partial charge is 0.338 e. The fourth-order valence-electron chi connectivity index (χ4n) is 2.98. The average Bonchev–Trinajstić information content (AvgIpc) is 3.21. The van der Waals surface area contributed by atoms with Crippen LogP contribution in [0.1, 0.15) is 25.5 Å². The van der Waals surface area contributed by atoms with Crippen LogP contribution in [0.25, 0.3) is 0 Å². The van der Waals surface area contributed by atoms with Crippen molar-refractivity contribution in [3.63, 3.8) is 0 Å². The quantitative estimate of drug-likeness (QED) is 0.785. The highest BCUT2D eigenvalue weighted by Crippen LogP contribution is 2.43. The number of carbonyl (C=O) groups is 1. The van der Waals surface area contributed by atoms with E-state index in [4.69, 9.17) is 14.2 Å². The third-order valence-corrected chi connectivity index (χ3v) is 4.80. The molecule has 0 amide bonds. The number of allylic oxidation sites excluding steroid dienone is 1. The van der Waals surface area contributed by atoms with E-state index in [1.807, 2.05) is 41.6 Å². The summed E-state index contributed by atoms with van der Waals surface area (Å²) in [7, 11) is 0. The number of amidine groups is 1. The van der Waals surface area contributed by atoms with Crippen LogP contribution in [0.15, 0.2) is 46.1 Å². The summed E-state index contributed by atoms with van der Waals surface area (Å²) in [6, 6.07) is 5.44. The largest absolute Gasteiger partial charge is 0.463 e. The van der Waals surface area contributed by atoms with Crippen LogP contribution in [0.2, 0.25) is 0 Å². The first kappa shape index (κ1) is 15.1. The van der Waals surface area contributed by atoms with Crippen LogP contribution >= 0.6 is 11.8 Å². The number of ether oxygens (including phenoxy) is 3.